The highest BCUT2D eigenvalue weighted by molar-refractivity contribution is 7.89. The summed E-state index contributed by atoms with van der Waals surface area (Å²) < 4.78 is 32.0. The van der Waals surface area contributed by atoms with Crippen molar-refractivity contribution in [2.45, 2.75) is 38.4 Å². The lowest BCUT2D eigenvalue weighted by Gasteiger charge is -2.13. The standard InChI is InChI=1S/C11H22N4O3S/c1-4-12-7-10-8-13-15-11(10)19(16,17)14-6-9(3)18-5-2/h8-9,12,14H,4-7H2,1-3H3,(H,13,15). The van der Waals surface area contributed by atoms with Gasteiger partial charge in [0.1, 0.15) is 0 Å². The van der Waals surface area contributed by atoms with Crippen molar-refractivity contribution >= 4 is 10.0 Å². The number of sulfonamides is 1. The molecule has 1 atom stereocenters. The summed E-state index contributed by atoms with van der Waals surface area (Å²) in [5.41, 5.74) is 0.624. The van der Waals surface area contributed by atoms with Crippen LogP contribution in [0.4, 0.5) is 0 Å². The maximum atomic E-state index is 12.1. The van der Waals surface area contributed by atoms with Crippen molar-refractivity contribution in [2.24, 2.45) is 0 Å². The molecule has 1 aromatic rings. The predicted molar refractivity (Wildman–Crippen MR) is 72.2 cm³/mol. The van der Waals surface area contributed by atoms with E-state index in [1.54, 1.807) is 0 Å². The largest absolute Gasteiger partial charge is 0.377 e. The maximum absolute atomic E-state index is 12.1. The highest BCUT2D eigenvalue weighted by Gasteiger charge is 2.21. The van der Waals surface area contributed by atoms with E-state index in [9.17, 15) is 8.42 Å². The first kappa shape index (κ1) is 16.1. The van der Waals surface area contributed by atoms with Crippen LogP contribution in [0.25, 0.3) is 0 Å². The number of nitrogens with one attached hydrogen (secondary N) is 3. The molecule has 0 fully saturated rings. The number of ether oxygens (including phenoxy) is 1. The average molecular weight is 290 g/mol. The molecular formula is C11H22N4O3S. The molecule has 0 radical (unpaired) electrons. The summed E-state index contributed by atoms with van der Waals surface area (Å²) in [5.74, 6) is 0. The molecule has 110 valence electrons. The minimum absolute atomic E-state index is 0.108. The Morgan fingerprint density at radius 3 is 2.84 bits per heavy atom. The zero-order valence-electron chi connectivity index (χ0n) is 11.6. The van der Waals surface area contributed by atoms with E-state index < -0.39 is 10.0 Å². The van der Waals surface area contributed by atoms with Gasteiger partial charge in [-0.05, 0) is 20.4 Å². The van der Waals surface area contributed by atoms with Gasteiger partial charge in [-0.15, -0.1) is 0 Å². The summed E-state index contributed by atoms with van der Waals surface area (Å²) in [7, 11) is -3.58. The van der Waals surface area contributed by atoms with Crippen LogP contribution in [0.5, 0.6) is 0 Å². The maximum Gasteiger partial charge on any atom is 0.257 e. The fourth-order valence-electron chi connectivity index (χ4n) is 1.56. The second-order valence-electron chi connectivity index (χ2n) is 4.12. The van der Waals surface area contributed by atoms with Crippen molar-refractivity contribution in [1.82, 2.24) is 20.2 Å². The van der Waals surface area contributed by atoms with Crippen molar-refractivity contribution in [3.63, 3.8) is 0 Å². The summed E-state index contributed by atoms with van der Waals surface area (Å²) in [4.78, 5) is 0. The number of hydrogen-bond acceptors (Lipinski definition) is 5. The Labute approximate surface area is 114 Å². The molecular weight excluding hydrogens is 268 g/mol. The Morgan fingerprint density at radius 2 is 2.21 bits per heavy atom. The molecule has 19 heavy (non-hydrogen) atoms. The molecule has 1 heterocycles. The Kier molecular flexibility index (Phi) is 6.43. The van der Waals surface area contributed by atoms with E-state index in [0.717, 1.165) is 6.54 Å². The smallest absolute Gasteiger partial charge is 0.257 e. The van der Waals surface area contributed by atoms with Gasteiger partial charge >= 0.3 is 0 Å². The normalized spacial score (nSPS) is 13.6. The van der Waals surface area contributed by atoms with E-state index in [4.69, 9.17) is 4.74 Å². The molecule has 1 aromatic heterocycles. The zero-order chi connectivity index (χ0) is 14.3. The number of aromatic nitrogens is 2. The van der Waals surface area contributed by atoms with Crippen LogP contribution >= 0.6 is 0 Å². The van der Waals surface area contributed by atoms with E-state index in [1.807, 2.05) is 20.8 Å². The highest BCUT2D eigenvalue weighted by Crippen LogP contribution is 2.11. The lowest BCUT2D eigenvalue weighted by atomic mass is 10.3. The third kappa shape index (κ3) is 4.90. The molecule has 1 rings (SSSR count). The van der Waals surface area contributed by atoms with Crippen LogP contribution in [-0.2, 0) is 21.3 Å². The molecule has 0 aliphatic carbocycles. The molecule has 1 unspecified atom stereocenters. The van der Waals surface area contributed by atoms with Gasteiger partial charge in [0.2, 0.25) is 0 Å². The summed E-state index contributed by atoms with van der Waals surface area (Å²) in [6, 6.07) is 0. The molecule has 8 heteroatoms. The SMILES string of the molecule is CCNCc1cn[nH]c1S(=O)(=O)NCC(C)OCC. The van der Waals surface area contributed by atoms with E-state index in [2.05, 4.69) is 20.2 Å². The first-order valence-electron chi connectivity index (χ1n) is 6.35. The zero-order valence-corrected chi connectivity index (χ0v) is 12.4. The number of H-pyrrole nitrogens is 1. The molecule has 0 aliphatic heterocycles. The number of aromatic amines is 1. The minimum atomic E-state index is -3.58. The van der Waals surface area contributed by atoms with Gasteiger partial charge in [-0.25, -0.2) is 13.1 Å². The van der Waals surface area contributed by atoms with Crippen molar-refractivity contribution < 1.29 is 13.2 Å². The highest BCUT2D eigenvalue weighted by atomic mass is 32.2. The van der Waals surface area contributed by atoms with Crippen molar-refractivity contribution in [2.75, 3.05) is 19.7 Å². The van der Waals surface area contributed by atoms with E-state index in [1.165, 1.54) is 6.20 Å². The number of hydrogen-bond donors (Lipinski definition) is 3. The molecule has 3 N–H and O–H groups in total. The van der Waals surface area contributed by atoms with Gasteiger partial charge in [0, 0.05) is 25.3 Å². The molecule has 0 aromatic carbocycles. The number of rotatable bonds is 9. The van der Waals surface area contributed by atoms with Crippen LogP contribution in [0.1, 0.15) is 26.3 Å². The van der Waals surface area contributed by atoms with E-state index in [-0.39, 0.29) is 17.7 Å². The molecule has 0 saturated heterocycles. The van der Waals surface area contributed by atoms with Crippen LogP contribution in [0.3, 0.4) is 0 Å². The van der Waals surface area contributed by atoms with Crippen LogP contribution in [0.2, 0.25) is 0 Å². The lowest BCUT2D eigenvalue weighted by molar-refractivity contribution is 0.0799. The van der Waals surface area contributed by atoms with Gasteiger partial charge < -0.3 is 10.1 Å². The van der Waals surface area contributed by atoms with Crippen LogP contribution < -0.4 is 10.0 Å². The second-order valence-corrected chi connectivity index (χ2v) is 5.83. The molecule has 0 saturated carbocycles. The van der Waals surface area contributed by atoms with Crippen LogP contribution in [0, 0.1) is 0 Å². The fraction of sp³-hybridized carbons (Fsp3) is 0.727. The molecule has 0 bridgehead atoms. The third-order valence-electron chi connectivity index (χ3n) is 2.52. The van der Waals surface area contributed by atoms with Gasteiger partial charge in [0.05, 0.1) is 12.3 Å². The molecule has 0 amide bonds. The molecule has 0 aliphatic rings. The monoisotopic (exact) mass is 290 g/mol. The van der Waals surface area contributed by atoms with Gasteiger partial charge in [-0.2, -0.15) is 5.10 Å². The van der Waals surface area contributed by atoms with Gasteiger partial charge in [-0.1, -0.05) is 6.92 Å². The predicted octanol–water partition coefficient (Wildman–Crippen LogP) is 0.223. The van der Waals surface area contributed by atoms with Gasteiger partial charge in [-0.3, -0.25) is 5.10 Å². The minimum Gasteiger partial charge on any atom is -0.377 e. The quantitative estimate of drug-likeness (QED) is 0.605. The fourth-order valence-corrected chi connectivity index (χ4v) is 2.80. The Hall–Kier alpha value is -0.960. The van der Waals surface area contributed by atoms with Gasteiger partial charge in [0.25, 0.3) is 10.0 Å². The Morgan fingerprint density at radius 1 is 1.47 bits per heavy atom. The summed E-state index contributed by atoms with van der Waals surface area (Å²) in [5, 5.41) is 9.50. The van der Waals surface area contributed by atoms with Gasteiger partial charge in [0.15, 0.2) is 5.03 Å². The average Bonchev–Trinajstić information content (AvgIpc) is 2.83. The lowest BCUT2D eigenvalue weighted by Crippen LogP contribution is -2.33. The summed E-state index contributed by atoms with van der Waals surface area (Å²) in [6.07, 6.45) is 1.35. The van der Waals surface area contributed by atoms with E-state index in [0.29, 0.717) is 18.7 Å². The number of nitrogens with zero attached hydrogens (tertiary/aromatic N) is 1. The molecule has 7 nitrogen and oxygen atoms in total. The topological polar surface area (TPSA) is 96.1 Å². The Bertz CT molecular complexity index is 472. The third-order valence-corrected chi connectivity index (χ3v) is 3.96. The van der Waals surface area contributed by atoms with Crippen LogP contribution in [0.15, 0.2) is 11.2 Å². The first-order valence-corrected chi connectivity index (χ1v) is 7.83. The van der Waals surface area contributed by atoms with Crippen molar-refractivity contribution in [3.8, 4) is 0 Å². The second kappa shape index (κ2) is 7.59. The molecule has 0 spiro atoms. The van der Waals surface area contributed by atoms with E-state index >= 15 is 0 Å². The van der Waals surface area contributed by atoms with Crippen LogP contribution in [-0.4, -0.2) is 44.4 Å². The van der Waals surface area contributed by atoms with Crippen molar-refractivity contribution in [1.29, 1.82) is 0 Å². The summed E-state index contributed by atoms with van der Waals surface area (Å²) >= 11 is 0. The Balaban J connectivity index is 2.69. The van der Waals surface area contributed by atoms with Crippen molar-refractivity contribution in [3.05, 3.63) is 11.8 Å². The first-order chi connectivity index (χ1) is 9.01. The summed E-state index contributed by atoms with van der Waals surface area (Å²) in [6.45, 7) is 7.65.